The Morgan fingerprint density at radius 2 is 2.06 bits per heavy atom. The van der Waals surface area contributed by atoms with Crippen LogP contribution >= 0.6 is 0 Å². The van der Waals surface area contributed by atoms with Crippen molar-refractivity contribution in [3.63, 3.8) is 0 Å². The maximum atomic E-state index is 9.35. The highest BCUT2D eigenvalue weighted by atomic mass is 16.3. The predicted octanol–water partition coefficient (Wildman–Crippen LogP) is 2.54. The van der Waals surface area contributed by atoms with Crippen molar-refractivity contribution in [1.29, 1.82) is 0 Å². The second-order valence-corrected chi connectivity index (χ2v) is 3.94. The van der Waals surface area contributed by atoms with E-state index in [1.54, 1.807) is 12.3 Å². The van der Waals surface area contributed by atoms with E-state index >= 15 is 0 Å². The molecule has 0 saturated heterocycles. The zero-order valence-electron chi connectivity index (χ0n) is 9.55. The van der Waals surface area contributed by atoms with Gasteiger partial charge in [-0.2, -0.15) is 0 Å². The van der Waals surface area contributed by atoms with Gasteiger partial charge in [0.1, 0.15) is 5.76 Å². The number of hydrogen-bond donors (Lipinski definition) is 3. The van der Waals surface area contributed by atoms with Crippen LogP contribution in [-0.4, -0.2) is 10.2 Å². The fraction of sp³-hybridized carbons (Fsp3) is 0.231. The number of nitrogens with one attached hydrogen (secondary N) is 1. The van der Waals surface area contributed by atoms with E-state index in [4.69, 9.17) is 4.42 Å². The molecule has 0 fully saturated rings. The van der Waals surface area contributed by atoms with Crippen LogP contribution in [0.4, 0.5) is 0 Å². The summed E-state index contributed by atoms with van der Waals surface area (Å²) in [7, 11) is 0. The van der Waals surface area contributed by atoms with Crippen LogP contribution in [0.1, 0.15) is 24.3 Å². The Balaban J connectivity index is 1.96. The minimum atomic E-state index is -0.104. The summed E-state index contributed by atoms with van der Waals surface area (Å²) in [5, 5.41) is 21.8. The molecule has 4 heteroatoms. The fourth-order valence-electron chi connectivity index (χ4n) is 1.59. The second-order valence-electron chi connectivity index (χ2n) is 3.94. The van der Waals surface area contributed by atoms with Gasteiger partial charge in [0.05, 0.1) is 12.3 Å². The zero-order valence-corrected chi connectivity index (χ0v) is 9.55. The number of phenolic OH excluding ortho intramolecular Hbond substituents is 2. The lowest BCUT2D eigenvalue weighted by Crippen LogP contribution is -2.17. The van der Waals surface area contributed by atoms with Gasteiger partial charge in [-0.25, -0.2) is 0 Å². The molecule has 0 amide bonds. The summed E-state index contributed by atoms with van der Waals surface area (Å²) < 4.78 is 5.27. The lowest BCUT2D eigenvalue weighted by molar-refractivity contribution is 0.401. The van der Waals surface area contributed by atoms with Crippen LogP contribution in [0.25, 0.3) is 0 Å². The molecule has 17 heavy (non-hydrogen) atoms. The fourth-order valence-corrected chi connectivity index (χ4v) is 1.59. The van der Waals surface area contributed by atoms with Crippen molar-refractivity contribution in [2.45, 2.75) is 19.5 Å². The monoisotopic (exact) mass is 233 g/mol. The van der Waals surface area contributed by atoms with Gasteiger partial charge in [-0.05, 0) is 36.8 Å². The van der Waals surface area contributed by atoms with E-state index in [0.717, 1.165) is 11.3 Å². The summed E-state index contributed by atoms with van der Waals surface area (Å²) in [6, 6.07) is 8.63. The van der Waals surface area contributed by atoms with E-state index in [2.05, 4.69) is 5.32 Å². The second kappa shape index (κ2) is 4.93. The van der Waals surface area contributed by atoms with Crippen LogP contribution in [0.2, 0.25) is 0 Å². The molecule has 1 aromatic heterocycles. The quantitative estimate of drug-likeness (QED) is 0.710. The number of benzene rings is 1. The van der Waals surface area contributed by atoms with Crippen LogP contribution < -0.4 is 5.32 Å². The van der Waals surface area contributed by atoms with Gasteiger partial charge < -0.3 is 19.9 Å². The van der Waals surface area contributed by atoms with Gasteiger partial charge >= 0.3 is 0 Å². The third kappa shape index (κ3) is 2.79. The molecule has 0 aliphatic rings. The Kier molecular flexibility index (Phi) is 3.35. The first kappa shape index (κ1) is 11.5. The van der Waals surface area contributed by atoms with Gasteiger partial charge in [0.15, 0.2) is 11.5 Å². The average molecular weight is 233 g/mol. The Labute approximate surface area is 99.5 Å². The molecule has 1 heterocycles. The van der Waals surface area contributed by atoms with E-state index < -0.39 is 0 Å². The molecule has 90 valence electrons. The molecule has 1 atom stereocenters. The normalized spacial score (nSPS) is 12.5. The number of furan rings is 1. The van der Waals surface area contributed by atoms with Crippen LogP contribution in [0, 0.1) is 0 Å². The lowest BCUT2D eigenvalue weighted by atomic mass is 10.2. The van der Waals surface area contributed by atoms with Crippen molar-refractivity contribution in [2.75, 3.05) is 0 Å². The topological polar surface area (TPSA) is 65.6 Å². The molecule has 0 bridgehead atoms. The molecule has 0 saturated carbocycles. The maximum Gasteiger partial charge on any atom is 0.157 e. The van der Waals surface area contributed by atoms with Gasteiger partial charge in [-0.3, -0.25) is 0 Å². The number of hydrogen-bond acceptors (Lipinski definition) is 4. The van der Waals surface area contributed by atoms with Crippen LogP contribution in [-0.2, 0) is 6.54 Å². The van der Waals surface area contributed by atoms with Crippen LogP contribution in [0.15, 0.2) is 41.0 Å². The first-order valence-corrected chi connectivity index (χ1v) is 5.44. The highest BCUT2D eigenvalue weighted by molar-refractivity contribution is 5.40. The molecule has 2 rings (SSSR count). The summed E-state index contributed by atoms with van der Waals surface area (Å²) in [6.07, 6.45) is 1.64. The molecule has 0 radical (unpaired) electrons. The third-order valence-electron chi connectivity index (χ3n) is 2.62. The van der Waals surface area contributed by atoms with Gasteiger partial charge in [-0.1, -0.05) is 6.07 Å². The van der Waals surface area contributed by atoms with Crippen molar-refractivity contribution >= 4 is 0 Å². The van der Waals surface area contributed by atoms with E-state index in [-0.39, 0.29) is 17.5 Å². The van der Waals surface area contributed by atoms with Crippen molar-refractivity contribution < 1.29 is 14.6 Å². The molecular formula is C13H15NO3. The van der Waals surface area contributed by atoms with E-state index in [9.17, 15) is 10.2 Å². The van der Waals surface area contributed by atoms with E-state index in [1.807, 2.05) is 19.1 Å². The molecule has 0 aliphatic carbocycles. The Bertz CT molecular complexity index is 479. The van der Waals surface area contributed by atoms with Gasteiger partial charge in [0, 0.05) is 6.54 Å². The molecular weight excluding hydrogens is 218 g/mol. The van der Waals surface area contributed by atoms with Gasteiger partial charge in [-0.15, -0.1) is 0 Å². The summed E-state index contributed by atoms with van der Waals surface area (Å²) in [6.45, 7) is 2.59. The van der Waals surface area contributed by atoms with E-state index in [1.165, 1.54) is 12.1 Å². The summed E-state index contributed by atoms with van der Waals surface area (Å²) in [4.78, 5) is 0. The minimum Gasteiger partial charge on any atom is -0.504 e. The summed E-state index contributed by atoms with van der Waals surface area (Å²) in [5.41, 5.74) is 0.902. The van der Waals surface area contributed by atoms with Crippen LogP contribution in [0.5, 0.6) is 11.5 Å². The van der Waals surface area contributed by atoms with Gasteiger partial charge in [0.2, 0.25) is 0 Å². The number of aromatic hydroxyl groups is 2. The Hall–Kier alpha value is -1.94. The van der Waals surface area contributed by atoms with Crippen LogP contribution in [0.3, 0.4) is 0 Å². The molecule has 0 spiro atoms. The van der Waals surface area contributed by atoms with Crippen molar-refractivity contribution in [1.82, 2.24) is 5.32 Å². The van der Waals surface area contributed by atoms with Crippen molar-refractivity contribution in [3.8, 4) is 11.5 Å². The SMILES string of the molecule is C[C@H](NCc1ccc(O)c(O)c1)c1ccco1. The number of rotatable bonds is 4. The average Bonchev–Trinajstić information content (AvgIpc) is 2.84. The zero-order chi connectivity index (χ0) is 12.3. The van der Waals surface area contributed by atoms with Crippen molar-refractivity contribution in [3.05, 3.63) is 47.9 Å². The van der Waals surface area contributed by atoms with Crippen molar-refractivity contribution in [2.24, 2.45) is 0 Å². The predicted molar refractivity (Wildman–Crippen MR) is 63.7 cm³/mol. The molecule has 2 aromatic rings. The summed E-state index contributed by atoms with van der Waals surface area (Å²) in [5.74, 6) is 0.663. The highest BCUT2D eigenvalue weighted by Gasteiger charge is 2.07. The third-order valence-corrected chi connectivity index (χ3v) is 2.62. The van der Waals surface area contributed by atoms with E-state index in [0.29, 0.717) is 6.54 Å². The molecule has 3 N–H and O–H groups in total. The molecule has 0 unspecified atom stereocenters. The first-order valence-electron chi connectivity index (χ1n) is 5.44. The smallest absolute Gasteiger partial charge is 0.157 e. The largest absolute Gasteiger partial charge is 0.504 e. The highest BCUT2D eigenvalue weighted by Crippen LogP contribution is 2.25. The molecule has 0 aliphatic heterocycles. The number of phenols is 2. The molecule has 4 nitrogen and oxygen atoms in total. The summed E-state index contributed by atoms with van der Waals surface area (Å²) >= 11 is 0. The molecule has 1 aromatic carbocycles. The first-order chi connectivity index (χ1) is 8.16. The van der Waals surface area contributed by atoms with Gasteiger partial charge in [0.25, 0.3) is 0 Å². The Morgan fingerprint density at radius 3 is 2.71 bits per heavy atom. The standard InChI is InChI=1S/C13H15NO3/c1-9(13-3-2-6-17-13)14-8-10-4-5-11(15)12(16)7-10/h2-7,9,14-16H,8H2,1H3/t9-/m0/s1. The lowest BCUT2D eigenvalue weighted by Gasteiger charge is -2.11. The Morgan fingerprint density at radius 1 is 1.24 bits per heavy atom. The maximum absolute atomic E-state index is 9.35. The minimum absolute atomic E-state index is 0.0981.